The van der Waals surface area contributed by atoms with Crippen LogP contribution in [0.15, 0.2) is 65.2 Å². The van der Waals surface area contributed by atoms with Gasteiger partial charge >= 0.3 is 0 Å². The highest BCUT2D eigenvalue weighted by Crippen LogP contribution is 2.29. The van der Waals surface area contributed by atoms with Crippen molar-refractivity contribution in [3.05, 3.63) is 88.8 Å². The monoisotopic (exact) mass is 473 g/mol. The van der Waals surface area contributed by atoms with Gasteiger partial charge in [-0.05, 0) is 36.8 Å². The van der Waals surface area contributed by atoms with Crippen molar-refractivity contribution in [1.82, 2.24) is 15.4 Å². The van der Waals surface area contributed by atoms with Crippen LogP contribution in [-0.4, -0.2) is 28.4 Å². The first-order valence-electron chi connectivity index (χ1n) is 12.7. The lowest BCUT2D eigenvalue weighted by molar-refractivity contribution is -0.132. The van der Waals surface area contributed by atoms with Crippen LogP contribution in [0.1, 0.15) is 71.5 Å². The van der Waals surface area contributed by atoms with Crippen LogP contribution >= 0.6 is 0 Å². The summed E-state index contributed by atoms with van der Waals surface area (Å²) >= 11 is 0. The predicted molar refractivity (Wildman–Crippen MR) is 136 cm³/mol. The Bertz CT molecular complexity index is 1090. The first kappa shape index (κ1) is 24.7. The highest BCUT2D eigenvalue weighted by Gasteiger charge is 2.21. The van der Waals surface area contributed by atoms with Gasteiger partial charge in [0, 0.05) is 25.6 Å². The molecule has 0 radical (unpaired) electrons. The number of aromatic nitrogens is 1. The van der Waals surface area contributed by atoms with Gasteiger partial charge in [0.25, 0.3) is 5.91 Å². The zero-order valence-electron chi connectivity index (χ0n) is 20.5. The summed E-state index contributed by atoms with van der Waals surface area (Å²) in [6, 6.07) is 19.8. The third kappa shape index (κ3) is 7.54. The van der Waals surface area contributed by atoms with Crippen molar-refractivity contribution in [2.24, 2.45) is 5.92 Å². The first-order valence-corrected chi connectivity index (χ1v) is 12.7. The number of benzene rings is 2. The second-order valence-electron chi connectivity index (χ2n) is 9.59. The first-order chi connectivity index (χ1) is 17.1. The quantitative estimate of drug-likeness (QED) is 0.402. The summed E-state index contributed by atoms with van der Waals surface area (Å²) in [6.45, 7) is 3.36. The Morgan fingerprint density at radius 3 is 2.51 bits per heavy atom. The molecule has 1 aliphatic rings. The fourth-order valence-electron chi connectivity index (χ4n) is 4.65. The number of carbonyl (C=O) groups excluding carboxylic acids is 2. The van der Waals surface area contributed by atoms with Gasteiger partial charge in [-0.2, -0.15) is 0 Å². The fourth-order valence-corrected chi connectivity index (χ4v) is 4.65. The van der Waals surface area contributed by atoms with Gasteiger partial charge in [0.15, 0.2) is 11.5 Å². The molecule has 6 nitrogen and oxygen atoms in total. The molecule has 1 aliphatic carbocycles. The largest absolute Gasteiger partial charge is 0.359 e. The smallest absolute Gasteiger partial charge is 0.273 e. The van der Waals surface area contributed by atoms with Gasteiger partial charge in [-0.25, -0.2) is 0 Å². The van der Waals surface area contributed by atoms with E-state index in [1.54, 1.807) is 6.07 Å². The van der Waals surface area contributed by atoms with Crippen LogP contribution in [0.25, 0.3) is 0 Å². The number of hydrogen-bond donors (Lipinski definition) is 1. The lowest BCUT2D eigenvalue weighted by Gasteiger charge is -2.22. The molecule has 1 saturated carbocycles. The van der Waals surface area contributed by atoms with E-state index < -0.39 is 0 Å². The maximum Gasteiger partial charge on any atom is 0.273 e. The summed E-state index contributed by atoms with van der Waals surface area (Å²) in [7, 11) is 0. The van der Waals surface area contributed by atoms with E-state index in [4.69, 9.17) is 4.52 Å². The second kappa shape index (κ2) is 12.3. The molecule has 0 saturated heterocycles. The van der Waals surface area contributed by atoms with Crippen LogP contribution in [0.4, 0.5) is 0 Å². The van der Waals surface area contributed by atoms with Crippen LogP contribution in [0.5, 0.6) is 0 Å². The molecule has 35 heavy (non-hydrogen) atoms. The average molecular weight is 474 g/mol. The molecule has 0 aliphatic heterocycles. The molecule has 1 aromatic heterocycles. The number of hydrogen-bond acceptors (Lipinski definition) is 4. The molecular formula is C29H35N3O3. The maximum atomic E-state index is 13.1. The number of nitrogens with one attached hydrogen (secondary N) is 1. The lowest BCUT2D eigenvalue weighted by Crippen LogP contribution is -2.32. The van der Waals surface area contributed by atoms with Crippen LogP contribution in [0.2, 0.25) is 0 Å². The van der Waals surface area contributed by atoms with Crippen LogP contribution < -0.4 is 5.32 Å². The Kier molecular flexibility index (Phi) is 8.71. The van der Waals surface area contributed by atoms with Gasteiger partial charge in [0.2, 0.25) is 5.91 Å². The van der Waals surface area contributed by atoms with Gasteiger partial charge in [-0.1, -0.05) is 91.0 Å². The molecule has 0 atom stereocenters. The molecule has 1 N–H and O–H groups in total. The van der Waals surface area contributed by atoms with Crippen molar-refractivity contribution < 1.29 is 14.1 Å². The number of rotatable bonds is 11. The van der Waals surface area contributed by atoms with Crippen molar-refractivity contribution in [3.8, 4) is 0 Å². The summed E-state index contributed by atoms with van der Waals surface area (Å²) < 4.78 is 5.46. The summed E-state index contributed by atoms with van der Waals surface area (Å²) in [5.74, 6) is 1.04. The van der Waals surface area contributed by atoms with Crippen LogP contribution in [0.3, 0.4) is 0 Å². The predicted octanol–water partition coefficient (Wildman–Crippen LogP) is 5.45. The molecule has 1 fully saturated rings. The molecule has 6 heteroatoms. The van der Waals surface area contributed by atoms with E-state index in [1.807, 2.05) is 54.3 Å². The Labute approximate surface area is 207 Å². The van der Waals surface area contributed by atoms with Crippen molar-refractivity contribution >= 4 is 11.8 Å². The number of carbonyl (C=O) groups is 2. The van der Waals surface area contributed by atoms with E-state index in [9.17, 15) is 9.59 Å². The lowest BCUT2D eigenvalue weighted by atomic mass is 10.0. The molecule has 2 amide bonds. The van der Waals surface area contributed by atoms with Gasteiger partial charge in [0.05, 0.1) is 6.54 Å². The van der Waals surface area contributed by atoms with E-state index in [1.165, 1.54) is 36.8 Å². The molecule has 0 bridgehead atoms. The summed E-state index contributed by atoms with van der Waals surface area (Å²) in [5.41, 5.74) is 3.62. The molecule has 1 heterocycles. The normalized spacial score (nSPS) is 13.6. The molecule has 4 rings (SSSR count). The summed E-state index contributed by atoms with van der Waals surface area (Å²) in [5, 5.41) is 6.84. The van der Waals surface area contributed by atoms with E-state index in [0.717, 1.165) is 18.4 Å². The van der Waals surface area contributed by atoms with Crippen molar-refractivity contribution in [2.45, 2.75) is 65.0 Å². The molecule has 0 spiro atoms. The standard InChI is InChI=1S/C29H35N3O3/c1-22-11-13-25(14-12-22)20-30-29(34)27-19-26(35-31-27)21-32(18-17-24-7-3-2-4-8-24)28(33)16-15-23-9-5-6-10-23/h2-4,7-8,11-14,19,23H,5-6,9-10,15-18,20-21H2,1H3,(H,30,34). The Balaban J connectivity index is 1.35. The minimum absolute atomic E-state index is 0.134. The van der Waals surface area contributed by atoms with Crippen molar-refractivity contribution in [1.29, 1.82) is 0 Å². The van der Waals surface area contributed by atoms with Crippen molar-refractivity contribution in [3.63, 3.8) is 0 Å². The Morgan fingerprint density at radius 2 is 1.77 bits per heavy atom. The van der Waals surface area contributed by atoms with Crippen molar-refractivity contribution in [2.75, 3.05) is 6.54 Å². The van der Waals surface area contributed by atoms with E-state index in [0.29, 0.717) is 37.7 Å². The molecule has 0 unspecified atom stereocenters. The molecule has 3 aromatic rings. The van der Waals surface area contributed by atoms with E-state index >= 15 is 0 Å². The number of nitrogens with zero attached hydrogens (tertiary/aromatic N) is 2. The second-order valence-corrected chi connectivity index (χ2v) is 9.59. The third-order valence-corrected chi connectivity index (χ3v) is 6.82. The Morgan fingerprint density at radius 1 is 1.03 bits per heavy atom. The molecule has 2 aromatic carbocycles. The van der Waals surface area contributed by atoms with Crippen LogP contribution in [0, 0.1) is 12.8 Å². The highest BCUT2D eigenvalue weighted by molar-refractivity contribution is 5.92. The topological polar surface area (TPSA) is 75.4 Å². The van der Waals surface area contributed by atoms with Gasteiger partial charge in [-0.3, -0.25) is 9.59 Å². The van der Waals surface area contributed by atoms with Gasteiger partial charge in [0.1, 0.15) is 0 Å². The maximum absolute atomic E-state index is 13.1. The van der Waals surface area contributed by atoms with Crippen LogP contribution in [-0.2, 0) is 24.3 Å². The zero-order chi connectivity index (χ0) is 24.5. The minimum atomic E-state index is -0.288. The van der Waals surface area contributed by atoms with Gasteiger partial charge in [-0.15, -0.1) is 0 Å². The molecule has 184 valence electrons. The zero-order valence-corrected chi connectivity index (χ0v) is 20.5. The minimum Gasteiger partial charge on any atom is -0.359 e. The van der Waals surface area contributed by atoms with E-state index in [-0.39, 0.29) is 17.5 Å². The Hall–Kier alpha value is -3.41. The summed E-state index contributed by atoms with van der Waals surface area (Å²) in [6.07, 6.45) is 7.31. The average Bonchev–Trinajstić information content (AvgIpc) is 3.57. The number of amides is 2. The van der Waals surface area contributed by atoms with E-state index in [2.05, 4.69) is 22.6 Å². The van der Waals surface area contributed by atoms with Gasteiger partial charge < -0.3 is 14.7 Å². The third-order valence-electron chi connectivity index (χ3n) is 6.82. The molecular weight excluding hydrogens is 438 g/mol. The SMILES string of the molecule is Cc1ccc(CNC(=O)c2cc(CN(CCc3ccccc3)C(=O)CCC3CCCC3)on2)cc1. The summed E-state index contributed by atoms with van der Waals surface area (Å²) in [4.78, 5) is 27.5. The fraction of sp³-hybridized carbons (Fsp3) is 0.414. The number of aryl methyl sites for hydroxylation is 1. The highest BCUT2D eigenvalue weighted by atomic mass is 16.5.